The third-order valence-corrected chi connectivity index (χ3v) is 2.76. The molecule has 2 rings (SSSR count). The predicted octanol–water partition coefficient (Wildman–Crippen LogP) is 2.14. The van der Waals surface area contributed by atoms with Gasteiger partial charge in [-0.05, 0) is 0 Å². The van der Waals surface area contributed by atoms with Crippen molar-refractivity contribution in [1.82, 2.24) is 19.9 Å². The monoisotopic (exact) mass is 226 g/mol. The van der Waals surface area contributed by atoms with Gasteiger partial charge in [0.25, 0.3) is 0 Å². The molecule has 0 aliphatic rings. The van der Waals surface area contributed by atoms with E-state index in [1.165, 1.54) is 0 Å². The van der Waals surface area contributed by atoms with Gasteiger partial charge in [0.15, 0.2) is 10.8 Å². The third-order valence-electron chi connectivity index (χ3n) is 1.58. The summed E-state index contributed by atoms with van der Waals surface area (Å²) < 4.78 is 0. The molecule has 2 aromatic rings. The van der Waals surface area contributed by atoms with Crippen LogP contribution in [0, 0.1) is 0 Å². The van der Waals surface area contributed by atoms with Crippen LogP contribution >= 0.6 is 24.4 Å². The van der Waals surface area contributed by atoms with E-state index in [-0.39, 0.29) is 0 Å². The first kappa shape index (κ1) is 9.79. The lowest BCUT2D eigenvalue weighted by atomic mass is 10.6. The van der Waals surface area contributed by atoms with Crippen LogP contribution in [0.15, 0.2) is 16.5 Å². The van der Waals surface area contributed by atoms with Gasteiger partial charge < -0.3 is 4.98 Å². The molecule has 14 heavy (non-hydrogen) atoms. The number of nitrogens with one attached hydrogen (secondary N) is 1. The van der Waals surface area contributed by atoms with Gasteiger partial charge >= 0.3 is 0 Å². The molecule has 6 heteroatoms. The van der Waals surface area contributed by atoms with E-state index in [4.69, 9.17) is 0 Å². The lowest BCUT2D eigenvalue weighted by Crippen LogP contribution is -1.93. The van der Waals surface area contributed by atoms with E-state index in [1.807, 2.05) is 0 Å². The zero-order valence-electron chi connectivity index (χ0n) is 7.85. The molecule has 0 atom stereocenters. The van der Waals surface area contributed by atoms with Crippen molar-refractivity contribution in [3.05, 3.63) is 6.33 Å². The predicted molar refractivity (Wildman–Crippen MR) is 59.9 cm³/mol. The molecule has 1 N–H and O–H groups in total. The molecule has 0 aliphatic carbocycles. The van der Waals surface area contributed by atoms with Crippen LogP contribution in [0.3, 0.4) is 0 Å². The van der Waals surface area contributed by atoms with Gasteiger partial charge in [-0.15, -0.1) is 24.4 Å². The number of nitrogens with zero attached hydrogens (tertiary/aromatic N) is 3. The largest absolute Gasteiger partial charge is 0.329 e. The Hall–Kier alpha value is -0.750. The first-order valence-corrected chi connectivity index (χ1v) is 5.56. The van der Waals surface area contributed by atoms with Crippen LogP contribution in [-0.4, -0.2) is 25.2 Å². The number of fused-ring (bicyclic) bond motifs is 1. The van der Waals surface area contributed by atoms with E-state index in [0.29, 0.717) is 10.4 Å². The number of hydrogen-bond acceptors (Lipinski definition) is 5. The lowest BCUT2D eigenvalue weighted by Gasteiger charge is -2.04. The van der Waals surface area contributed by atoms with Crippen LogP contribution in [0.5, 0.6) is 0 Å². The number of imidazole rings is 1. The fraction of sp³-hybridized carbons (Fsp3) is 0.375. The second-order valence-electron chi connectivity index (χ2n) is 3.10. The molecule has 0 aromatic carbocycles. The summed E-state index contributed by atoms with van der Waals surface area (Å²) in [6, 6.07) is 0. The summed E-state index contributed by atoms with van der Waals surface area (Å²) in [4.78, 5) is 15.5. The van der Waals surface area contributed by atoms with Crippen molar-refractivity contribution < 1.29 is 0 Å². The minimum Gasteiger partial charge on any atom is -0.329 e. The molecule has 0 bridgehead atoms. The van der Waals surface area contributed by atoms with E-state index in [0.717, 1.165) is 16.2 Å². The minimum atomic E-state index is 0.470. The van der Waals surface area contributed by atoms with Gasteiger partial charge in [-0.2, -0.15) is 0 Å². The minimum absolute atomic E-state index is 0.470. The summed E-state index contributed by atoms with van der Waals surface area (Å²) >= 11 is 5.81. The summed E-state index contributed by atoms with van der Waals surface area (Å²) in [5.41, 5.74) is 1.56. The maximum Gasteiger partial charge on any atom is 0.187 e. The fourth-order valence-electron chi connectivity index (χ4n) is 1.10. The van der Waals surface area contributed by atoms with Crippen molar-refractivity contribution in [2.75, 3.05) is 0 Å². The molecule has 0 fully saturated rings. The summed E-state index contributed by atoms with van der Waals surface area (Å²) in [6.45, 7) is 4.23. The van der Waals surface area contributed by atoms with Gasteiger partial charge in [0, 0.05) is 5.25 Å². The summed E-state index contributed by atoms with van der Waals surface area (Å²) in [5.74, 6) is 0. The highest BCUT2D eigenvalue weighted by molar-refractivity contribution is 8.00. The molecule has 2 aromatic heterocycles. The Morgan fingerprint density at radius 2 is 2.21 bits per heavy atom. The van der Waals surface area contributed by atoms with E-state index in [9.17, 15) is 0 Å². The molecule has 0 saturated carbocycles. The molecule has 0 radical (unpaired) electrons. The van der Waals surface area contributed by atoms with Crippen LogP contribution < -0.4 is 0 Å². The Labute approximate surface area is 91.4 Å². The number of thiol groups is 1. The highest BCUT2D eigenvalue weighted by Crippen LogP contribution is 2.26. The van der Waals surface area contributed by atoms with E-state index < -0.39 is 0 Å². The first-order chi connectivity index (χ1) is 6.66. The van der Waals surface area contributed by atoms with Crippen molar-refractivity contribution in [1.29, 1.82) is 0 Å². The zero-order chi connectivity index (χ0) is 10.1. The van der Waals surface area contributed by atoms with Crippen molar-refractivity contribution in [2.45, 2.75) is 29.3 Å². The number of hydrogen-bond donors (Lipinski definition) is 2. The van der Waals surface area contributed by atoms with Crippen LogP contribution in [0.25, 0.3) is 11.2 Å². The van der Waals surface area contributed by atoms with E-state index in [2.05, 4.69) is 46.4 Å². The maximum atomic E-state index is 4.25. The highest BCUT2D eigenvalue weighted by Gasteiger charge is 2.10. The molecule has 4 nitrogen and oxygen atoms in total. The standard InChI is InChI=1S/C8H10N4S2/c1-4(2)14-7-5-6(10-3-9-5)11-8(13)12-7/h3-4H,1-2H3,(H2,9,10,11,12,13). The summed E-state index contributed by atoms with van der Waals surface area (Å²) in [6.07, 6.45) is 1.62. The Bertz CT molecular complexity index is 452. The molecule has 0 spiro atoms. The second kappa shape index (κ2) is 3.78. The Morgan fingerprint density at radius 3 is 2.93 bits per heavy atom. The van der Waals surface area contributed by atoms with Gasteiger partial charge in [-0.1, -0.05) is 13.8 Å². The van der Waals surface area contributed by atoms with E-state index >= 15 is 0 Å². The van der Waals surface area contributed by atoms with Gasteiger partial charge in [-0.3, -0.25) is 0 Å². The quantitative estimate of drug-likeness (QED) is 0.356. The maximum absolute atomic E-state index is 4.25. The smallest absolute Gasteiger partial charge is 0.187 e. The molecule has 0 unspecified atom stereocenters. The Balaban J connectivity index is 2.55. The van der Waals surface area contributed by atoms with Gasteiger partial charge in [0.1, 0.15) is 10.5 Å². The number of rotatable bonds is 2. The molecule has 0 amide bonds. The van der Waals surface area contributed by atoms with Crippen LogP contribution in [0.4, 0.5) is 0 Å². The van der Waals surface area contributed by atoms with Crippen LogP contribution in [0.1, 0.15) is 13.8 Å². The Kier molecular flexibility index (Phi) is 2.64. The fourth-order valence-corrected chi connectivity index (χ4v) is 2.22. The molecule has 74 valence electrons. The Morgan fingerprint density at radius 1 is 1.43 bits per heavy atom. The summed E-state index contributed by atoms with van der Waals surface area (Å²) in [7, 11) is 0. The summed E-state index contributed by atoms with van der Waals surface area (Å²) in [5, 5.41) is 1.83. The number of thioether (sulfide) groups is 1. The lowest BCUT2D eigenvalue weighted by molar-refractivity contribution is 0.923. The van der Waals surface area contributed by atoms with Gasteiger partial charge in [0.05, 0.1) is 6.33 Å². The van der Waals surface area contributed by atoms with Gasteiger partial charge in [0.2, 0.25) is 0 Å². The molecule has 0 aliphatic heterocycles. The number of H-pyrrole nitrogens is 1. The number of aromatic nitrogens is 4. The van der Waals surface area contributed by atoms with Crippen molar-refractivity contribution in [3.8, 4) is 0 Å². The molecule has 0 saturated heterocycles. The third kappa shape index (κ3) is 1.85. The molecular formula is C8H10N4S2. The molecular weight excluding hydrogens is 216 g/mol. The van der Waals surface area contributed by atoms with Crippen LogP contribution in [0.2, 0.25) is 0 Å². The van der Waals surface area contributed by atoms with Crippen LogP contribution in [-0.2, 0) is 0 Å². The topological polar surface area (TPSA) is 54.5 Å². The van der Waals surface area contributed by atoms with Crippen molar-refractivity contribution in [3.63, 3.8) is 0 Å². The second-order valence-corrected chi connectivity index (χ2v) is 5.06. The average molecular weight is 226 g/mol. The van der Waals surface area contributed by atoms with E-state index in [1.54, 1.807) is 18.1 Å². The van der Waals surface area contributed by atoms with Crippen molar-refractivity contribution in [2.24, 2.45) is 0 Å². The SMILES string of the molecule is CC(C)Sc1nc(S)nc2[nH]cnc12. The highest BCUT2D eigenvalue weighted by atomic mass is 32.2. The zero-order valence-corrected chi connectivity index (χ0v) is 9.56. The normalized spacial score (nSPS) is 11.4. The van der Waals surface area contributed by atoms with Gasteiger partial charge in [-0.25, -0.2) is 15.0 Å². The molecule has 2 heterocycles. The number of aromatic amines is 1. The average Bonchev–Trinajstić information content (AvgIpc) is 2.50. The van der Waals surface area contributed by atoms with Crippen molar-refractivity contribution >= 4 is 35.6 Å². The first-order valence-electron chi connectivity index (χ1n) is 4.23.